The van der Waals surface area contributed by atoms with Crippen LogP contribution in [0.2, 0.25) is 0 Å². The lowest BCUT2D eigenvalue weighted by molar-refractivity contribution is -0.140. The Morgan fingerprint density at radius 1 is 1.52 bits per heavy atom. The minimum atomic E-state index is -1.12. The van der Waals surface area contributed by atoms with Crippen LogP contribution in [-0.4, -0.2) is 80.2 Å². The average Bonchev–Trinajstić information content (AvgIpc) is 2.92. The molecule has 2 aliphatic rings. The summed E-state index contributed by atoms with van der Waals surface area (Å²) in [5, 5.41) is 13.9. The minimum absolute atomic E-state index is 0.0456. The number of nitrogens with zero attached hydrogens (tertiary/aromatic N) is 1. The van der Waals surface area contributed by atoms with Crippen LogP contribution in [0.1, 0.15) is 12.8 Å². The Labute approximate surface area is 123 Å². The number of nitrogens with one attached hydrogen (secondary N) is 2. The zero-order chi connectivity index (χ0) is 15.2. The van der Waals surface area contributed by atoms with E-state index in [4.69, 9.17) is 14.6 Å². The van der Waals surface area contributed by atoms with Crippen molar-refractivity contribution < 1.29 is 24.2 Å². The van der Waals surface area contributed by atoms with E-state index in [2.05, 4.69) is 15.5 Å². The molecule has 0 bridgehead atoms. The Hall–Kier alpha value is -1.38. The van der Waals surface area contributed by atoms with Crippen molar-refractivity contribution in [1.82, 2.24) is 15.5 Å². The summed E-state index contributed by atoms with van der Waals surface area (Å²) in [4.78, 5) is 25.0. The summed E-state index contributed by atoms with van der Waals surface area (Å²) in [6.45, 7) is 2.90. The summed E-state index contributed by atoms with van der Waals surface area (Å²) < 4.78 is 10.5. The number of hydrogen-bond donors (Lipinski definition) is 3. The third-order valence-corrected chi connectivity index (χ3v) is 3.89. The molecule has 8 heteroatoms. The van der Waals surface area contributed by atoms with E-state index >= 15 is 0 Å². The van der Waals surface area contributed by atoms with Gasteiger partial charge in [-0.3, -0.25) is 4.90 Å². The second kappa shape index (κ2) is 7.58. The molecule has 8 nitrogen and oxygen atoms in total. The van der Waals surface area contributed by atoms with E-state index in [0.29, 0.717) is 19.2 Å². The number of aliphatic carboxylic acids is 1. The van der Waals surface area contributed by atoms with Gasteiger partial charge in [-0.1, -0.05) is 0 Å². The van der Waals surface area contributed by atoms with Crippen molar-refractivity contribution >= 4 is 12.0 Å². The molecule has 2 rings (SSSR count). The highest BCUT2D eigenvalue weighted by molar-refractivity contribution is 5.82. The standard InChI is InChI=1S/C13H23N3O5/c1-20-8-11(12(17)18)15-13(19)14-5-10-6-16-4-2-3-9(16)7-21-10/h9-11H,2-8H2,1H3,(H,17,18)(H2,14,15,19). The predicted octanol–water partition coefficient (Wildman–Crippen LogP) is -0.752. The van der Waals surface area contributed by atoms with E-state index in [1.807, 2.05) is 0 Å². The van der Waals surface area contributed by atoms with E-state index in [0.717, 1.165) is 13.1 Å². The molecule has 120 valence electrons. The number of rotatable bonds is 6. The average molecular weight is 301 g/mol. The summed E-state index contributed by atoms with van der Waals surface area (Å²) in [6, 6.07) is -1.05. The smallest absolute Gasteiger partial charge is 0.328 e. The minimum Gasteiger partial charge on any atom is -0.480 e. The van der Waals surface area contributed by atoms with Crippen LogP contribution in [0.5, 0.6) is 0 Å². The molecule has 21 heavy (non-hydrogen) atoms. The van der Waals surface area contributed by atoms with Crippen LogP contribution in [0.3, 0.4) is 0 Å². The van der Waals surface area contributed by atoms with Gasteiger partial charge in [0.25, 0.3) is 0 Å². The first-order chi connectivity index (χ1) is 10.1. The van der Waals surface area contributed by atoms with Gasteiger partial charge in [0.1, 0.15) is 0 Å². The number of amides is 2. The number of carbonyl (C=O) groups excluding carboxylic acids is 1. The van der Waals surface area contributed by atoms with Gasteiger partial charge in [0.05, 0.1) is 19.3 Å². The highest BCUT2D eigenvalue weighted by atomic mass is 16.5. The Balaban J connectivity index is 1.70. The third-order valence-electron chi connectivity index (χ3n) is 3.89. The summed E-state index contributed by atoms with van der Waals surface area (Å²) >= 11 is 0. The van der Waals surface area contributed by atoms with Gasteiger partial charge in [-0.05, 0) is 19.4 Å². The second-order valence-corrected chi connectivity index (χ2v) is 5.45. The monoisotopic (exact) mass is 301 g/mol. The maximum absolute atomic E-state index is 11.7. The summed E-state index contributed by atoms with van der Waals surface area (Å²) in [6.07, 6.45) is 2.33. The first-order valence-corrected chi connectivity index (χ1v) is 7.22. The lowest BCUT2D eigenvalue weighted by Gasteiger charge is -2.35. The van der Waals surface area contributed by atoms with Crippen LogP contribution in [0.4, 0.5) is 4.79 Å². The SMILES string of the molecule is COCC(NC(=O)NCC1CN2CCCC2CO1)C(=O)O. The lowest BCUT2D eigenvalue weighted by atomic mass is 10.2. The fourth-order valence-corrected chi connectivity index (χ4v) is 2.77. The van der Waals surface area contributed by atoms with Crippen molar-refractivity contribution in [3.05, 3.63) is 0 Å². The molecule has 0 radical (unpaired) electrons. The quantitative estimate of drug-likeness (QED) is 0.597. The molecular weight excluding hydrogens is 278 g/mol. The maximum atomic E-state index is 11.7. The molecular formula is C13H23N3O5. The number of carbonyl (C=O) groups is 2. The van der Waals surface area contributed by atoms with Crippen molar-refractivity contribution in [2.45, 2.75) is 31.0 Å². The molecule has 0 saturated carbocycles. The van der Waals surface area contributed by atoms with Crippen LogP contribution in [0.15, 0.2) is 0 Å². The van der Waals surface area contributed by atoms with Gasteiger partial charge in [-0.15, -0.1) is 0 Å². The fraction of sp³-hybridized carbons (Fsp3) is 0.846. The first-order valence-electron chi connectivity index (χ1n) is 7.22. The van der Waals surface area contributed by atoms with Crippen LogP contribution < -0.4 is 10.6 Å². The van der Waals surface area contributed by atoms with E-state index in [1.165, 1.54) is 20.0 Å². The van der Waals surface area contributed by atoms with E-state index < -0.39 is 18.0 Å². The second-order valence-electron chi connectivity index (χ2n) is 5.45. The number of carboxylic acids is 1. The van der Waals surface area contributed by atoms with E-state index in [1.54, 1.807) is 0 Å². The Kier molecular flexibility index (Phi) is 5.77. The van der Waals surface area contributed by atoms with Gasteiger partial charge in [0.15, 0.2) is 6.04 Å². The molecule has 0 aliphatic carbocycles. The van der Waals surface area contributed by atoms with Crippen LogP contribution in [0.25, 0.3) is 0 Å². The van der Waals surface area contributed by atoms with Gasteiger partial charge >= 0.3 is 12.0 Å². The van der Waals surface area contributed by atoms with E-state index in [-0.39, 0.29) is 12.7 Å². The Bertz CT molecular complexity index is 379. The van der Waals surface area contributed by atoms with Crippen LogP contribution >= 0.6 is 0 Å². The molecule has 3 N–H and O–H groups in total. The van der Waals surface area contributed by atoms with E-state index in [9.17, 15) is 9.59 Å². The molecule has 0 aromatic rings. The fourth-order valence-electron chi connectivity index (χ4n) is 2.77. The molecule has 2 saturated heterocycles. The molecule has 2 amide bonds. The molecule has 2 aliphatic heterocycles. The summed E-state index contributed by atoms with van der Waals surface area (Å²) in [5.41, 5.74) is 0. The number of urea groups is 1. The number of fused-ring (bicyclic) bond motifs is 1. The van der Waals surface area contributed by atoms with Gasteiger partial charge in [0.2, 0.25) is 0 Å². The van der Waals surface area contributed by atoms with Gasteiger partial charge in [-0.25, -0.2) is 9.59 Å². The summed E-state index contributed by atoms with van der Waals surface area (Å²) in [7, 11) is 1.39. The van der Waals surface area contributed by atoms with Crippen molar-refractivity contribution in [3.8, 4) is 0 Å². The van der Waals surface area contributed by atoms with Crippen molar-refractivity contribution in [2.75, 3.05) is 40.0 Å². The topological polar surface area (TPSA) is 100 Å². The number of methoxy groups -OCH3 is 1. The normalized spacial score (nSPS) is 26.9. The number of ether oxygens (including phenoxy) is 2. The van der Waals surface area contributed by atoms with Gasteiger partial charge < -0.3 is 25.2 Å². The maximum Gasteiger partial charge on any atom is 0.328 e. The number of carboxylic acid groups (broad SMARTS) is 1. The number of hydrogen-bond acceptors (Lipinski definition) is 5. The van der Waals surface area contributed by atoms with Crippen LogP contribution in [0, 0.1) is 0 Å². The Morgan fingerprint density at radius 3 is 3.05 bits per heavy atom. The van der Waals surface area contributed by atoms with Crippen LogP contribution in [-0.2, 0) is 14.3 Å². The van der Waals surface area contributed by atoms with Crippen molar-refractivity contribution in [1.29, 1.82) is 0 Å². The Morgan fingerprint density at radius 2 is 2.33 bits per heavy atom. The highest BCUT2D eigenvalue weighted by Crippen LogP contribution is 2.22. The summed E-state index contributed by atoms with van der Waals surface area (Å²) in [5.74, 6) is -1.12. The zero-order valence-corrected chi connectivity index (χ0v) is 12.2. The first kappa shape index (κ1) is 16.0. The zero-order valence-electron chi connectivity index (χ0n) is 12.2. The molecule has 0 aromatic carbocycles. The van der Waals surface area contributed by atoms with Gasteiger partial charge in [0, 0.05) is 26.2 Å². The molecule has 2 heterocycles. The lowest BCUT2D eigenvalue weighted by Crippen LogP contribution is -2.53. The van der Waals surface area contributed by atoms with Gasteiger partial charge in [-0.2, -0.15) is 0 Å². The number of morpholine rings is 1. The molecule has 3 unspecified atom stereocenters. The molecule has 0 spiro atoms. The largest absolute Gasteiger partial charge is 0.480 e. The third kappa shape index (κ3) is 4.55. The molecule has 3 atom stereocenters. The van der Waals surface area contributed by atoms with Crippen molar-refractivity contribution in [3.63, 3.8) is 0 Å². The molecule has 2 fully saturated rings. The van der Waals surface area contributed by atoms with Crippen molar-refractivity contribution in [2.24, 2.45) is 0 Å². The predicted molar refractivity (Wildman–Crippen MR) is 74.2 cm³/mol. The highest BCUT2D eigenvalue weighted by Gasteiger charge is 2.32. The molecule has 0 aromatic heterocycles.